The number of nitrogens with one attached hydrogen (secondary N) is 1. The van der Waals surface area contributed by atoms with E-state index in [2.05, 4.69) is 5.32 Å². The first-order valence-corrected chi connectivity index (χ1v) is 7.98. The molecule has 0 unspecified atom stereocenters. The Morgan fingerprint density at radius 2 is 1.96 bits per heavy atom. The van der Waals surface area contributed by atoms with E-state index in [9.17, 15) is 14.4 Å². The first-order valence-electron chi connectivity index (χ1n) is 7.98. The Kier molecular flexibility index (Phi) is 6.16. The summed E-state index contributed by atoms with van der Waals surface area (Å²) < 4.78 is 15.2. The van der Waals surface area contributed by atoms with Gasteiger partial charge < -0.3 is 19.2 Å². The van der Waals surface area contributed by atoms with Crippen LogP contribution >= 0.6 is 0 Å². The monoisotopic (exact) mass is 347 g/mol. The lowest BCUT2D eigenvalue weighted by molar-refractivity contribution is -0.146. The van der Waals surface area contributed by atoms with Gasteiger partial charge in [-0.05, 0) is 24.1 Å². The zero-order valence-corrected chi connectivity index (χ0v) is 14.4. The summed E-state index contributed by atoms with van der Waals surface area (Å²) in [5, 5.41) is 3.37. The summed E-state index contributed by atoms with van der Waals surface area (Å²) in [6.45, 7) is 3.51. The third-order valence-electron chi connectivity index (χ3n) is 3.95. The van der Waals surface area contributed by atoms with Crippen molar-refractivity contribution in [3.8, 4) is 5.75 Å². The van der Waals surface area contributed by atoms with Crippen molar-refractivity contribution in [2.24, 2.45) is 5.92 Å². The SMILES string of the molecule is CC[C@H](C)[C@@H](NC(=O)COc1ccc2ccc(=O)oc2c1)C(=O)OC. The van der Waals surface area contributed by atoms with Crippen LogP contribution in [0.3, 0.4) is 0 Å². The van der Waals surface area contributed by atoms with Gasteiger partial charge in [0.05, 0.1) is 7.11 Å². The average Bonchev–Trinajstić information content (AvgIpc) is 2.62. The lowest BCUT2D eigenvalue weighted by Gasteiger charge is -2.21. The molecule has 1 N–H and O–H groups in total. The van der Waals surface area contributed by atoms with E-state index in [-0.39, 0.29) is 12.5 Å². The quantitative estimate of drug-likeness (QED) is 0.607. The molecule has 134 valence electrons. The van der Waals surface area contributed by atoms with Crippen molar-refractivity contribution in [1.29, 1.82) is 0 Å². The highest BCUT2D eigenvalue weighted by Crippen LogP contribution is 2.19. The molecule has 0 fully saturated rings. The minimum Gasteiger partial charge on any atom is -0.484 e. The van der Waals surface area contributed by atoms with Crippen molar-refractivity contribution < 1.29 is 23.5 Å². The van der Waals surface area contributed by atoms with Crippen LogP contribution in [0.15, 0.2) is 39.5 Å². The van der Waals surface area contributed by atoms with Crippen LogP contribution in [0.4, 0.5) is 0 Å². The molecule has 1 aromatic carbocycles. The summed E-state index contributed by atoms with van der Waals surface area (Å²) in [4.78, 5) is 35.1. The number of ether oxygens (including phenoxy) is 2. The standard InChI is InChI=1S/C18H21NO6/c1-4-11(2)17(18(22)23-3)19-15(20)10-24-13-7-5-12-6-8-16(21)25-14(12)9-13/h5-9,11,17H,4,10H2,1-3H3,(H,19,20)/t11-,17+/m0/s1. The molecule has 1 heterocycles. The minimum atomic E-state index is -0.722. The topological polar surface area (TPSA) is 94.8 Å². The molecule has 2 atom stereocenters. The smallest absolute Gasteiger partial charge is 0.336 e. The molecule has 25 heavy (non-hydrogen) atoms. The second kappa shape index (κ2) is 8.32. The molecular weight excluding hydrogens is 326 g/mol. The van der Waals surface area contributed by atoms with Crippen LogP contribution < -0.4 is 15.7 Å². The maximum atomic E-state index is 12.1. The van der Waals surface area contributed by atoms with E-state index in [0.29, 0.717) is 17.8 Å². The largest absolute Gasteiger partial charge is 0.484 e. The number of benzene rings is 1. The van der Waals surface area contributed by atoms with Crippen LogP contribution in [-0.2, 0) is 14.3 Å². The predicted octanol–water partition coefficient (Wildman–Crippen LogP) is 1.88. The van der Waals surface area contributed by atoms with Crippen LogP contribution in [0, 0.1) is 5.92 Å². The number of methoxy groups -OCH3 is 1. The molecule has 1 aromatic heterocycles. The van der Waals surface area contributed by atoms with E-state index in [4.69, 9.17) is 13.9 Å². The first-order chi connectivity index (χ1) is 11.9. The van der Waals surface area contributed by atoms with Gasteiger partial charge in [0.25, 0.3) is 5.91 Å². The van der Waals surface area contributed by atoms with Crippen molar-refractivity contribution in [2.75, 3.05) is 13.7 Å². The fourth-order valence-electron chi connectivity index (χ4n) is 2.29. The van der Waals surface area contributed by atoms with Crippen molar-refractivity contribution in [1.82, 2.24) is 5.32 Å². The molecule has 0 aliphatic heterocycles. The second-order valence-corrected chi connectivity index (χ2v) is 5.70. The maximum Gasteiger partial charge on any atom is 0.336 e. The number of rotatable bonds is 7. The van der Waals surface area contributed by atoms with Gasteiger partial charge in [0.15, 0.2) is 6.61 Å². The van der Waals surface area contributed by atoms with Crippen molar-refractivity contribution >= 4 is 22.8 Å². The molecule has 7 nitrogen and oxygen atoms in total. The number of fused-ring (bicyclic) bond motifs is 1. The summed E-state index contributed by atoms with van der Waals surface area (Å²) in [6.07, 6.45) is 0.713. The number of amides is 1. The van der Waals surface area contributed by atoms with E-state index in [1.165, 1.54) is 19.2 Å². The van der Waals surface area contributed by atoms with Gasteiger partial charge in [-0.25, -0.2) is 9.59 Å². The zero-order valence-electron chi connectivity index (χ0n) is 14.4. The number of carbonyl (C=O) groups excluding carboxylic acids is 2. The molecule has 2 aromatic rings. The Bertz CT molecular complexity index is 813. The van der Waals surface area contributed by atoms with Gasteiger partial charge in [0.2, 0.25) is 0 Å². The van der Waals surface area contributed by atoms with Gasteiger partial charge in [-0.1, -0.05) is 20.3 Å². The zero-order chi connectivity index (χ0) is 18.4. The number of hydrogen-bond donors (Lipinski definition) is 1. The van der Waals surface area contributed by atoms with Crippen molar-refractivity contribution in [3.05, 3.63) is 40.8 Å². The van der Waals surface area contributed by atoms with Gasteiger partial charge in [-0.3, -0.25) is 4.79 Å². The van der Waals surface area contributed by atoms with Crippen LogP contribution in [0.25, 0.3) is 11.0 Å². The third-order valence-corrected chi connectivity index (χ3v) is 3.95. The highest BCUT2D eigenvalue weighted by atomic mass is 16.5. The molecule has 2 rings (SSSR count). The van der Waals surface area contributed by atoms with Crippen molar-refractivity contribution in [3.63, 3.8) is 0 Å². The molecule has 0 aliphatic rings. The molecule has 1 amide bonds. The molecule has 0 spiro atoms. The molecular formula is C18H21NO6. The normalized spacial score (nSPS) is 13.1. The van der Waals surface area contributed by atoms with Crippen LogP contribution in [0.5, 0.6) is 5.75 Å². The molecule has 7 heteroatoms. The molecule has 0 aliphatic carbocycles. The van der Waals surface area contributed by atoms with E-state index in [1.54, 1.807) is 18.2 Å². The van der Waals surface area contributed by atoms with Gasteiger partial charge in [-0.15, -0.1) is 0 Å². The molecule has 0 saturated carbocycles. The Morgan fingerprint density at radius 3 is 2.64 bits per heavy atom. The fraction of sp³-hybridized carbons (Fsp3) is 0.389. The van der Waals surface area contributed by atoms with Gasteiger partial charge in [0, 0.05) is 17.5 Å². The lowest BCUT2D eigenvalue weighted by Crippen LogP contribution is -2.47. The lowest BCUT2D eigenvalue weighted by atomic mass is 9.99. The van der Waals surface area contributed by atoms with E-state index >= 15 is 0 Å². The van der Waals surface area contributed by atoms with Crippen LogP contribution in [-0.4, -0.2) is 31.6 Å². The maximum absolute atomic E-state index is 12.1. The fourth-order valence-corrected chi connectivity index (χ4v) is 2.29. The molecule has 0 saturated heterocycles. The number of carbonyl (C=O) groups is 2. The summed E-state index contributed by atoms with van der Waals surface area (Å²) in [5.74, 6) is -0.609. The summed E-state index contributed by atoms with van der Waals surface area (Å²) in [5.41, 5.74) is -0.0886. The first kappa shape index (κ1) is 18.5. The van der Waals surface area contributed by atoms with E-state index in [0.717, 1.165) is 5.39 Å². The highest BCUT2D eigenvalue weighted by molar-refractivity contribution is 5.85. The Morgan fingerprint density at radius 1 is 1.24 bits per heavy atom. The summed E-state index contributed by atoms with van der Waals surface area (Å²) >= 11 is 0. The van der Waals surface area contributed by atoms with Gasteiger partial charge in [0.1, 0.15) is 17.4 Å². The molecule has 0 bridgehead atoms. The predicted molar refractivity (Wildman–Crippen MR) is 91.4 cm³/mol. The minimum absolute atomic E-state index is 0.0636. The number of hydrogen-bond acceptors (Lipinski definition) is 6. The highest BCUT2D eigenvalue weighted by Gasteiger charge is 2.26. The van der Waals surface area contributed by atoms with Gasteiger partial charge in [-0.2, -0.15) is 0 Å². The number of esters is 1. The average molecular weight is 347 g/mol. The van der Waals surface area contributed by atoms with E-state index in [1.807, 2.05) is 13.8 Å². The molecule has 0 radical (unpaired) electrons. The Balaban J connectivity index is 2.01. The second-order valence-electron chi connectivity index (χ2n) is 5.70. The summed E-state index contributed by atoms with van der Waals surface area (Å²) in [7, 11) is 1.28. The Hall–Kier alpha value is -2.83. The van der Waals surface area contributed by atoms with Gasteiger partial charge >= 0.3 is 11.6 Å². The third kappa shape index (κ3) is 4.82. The van der Waals surface area contributed by atoms with Crippen molar-refractivity contribution in [2.45, 2.75) is 26.3 Å². The van der Waals surface area contributed by atoms with Crippen LogP contribution in [0.1, 0.15) is 20.3 Å². The Labute approximate surface area is 144 Å². The van der Waals surface area contributed by atoms with E-state index < -0.39 is 23.5 Å². The van der Waals surface area contributed by atoms with Crippen LogP contribution in [0.2, 0.25) is 0 Å². The summed E-state index contributed by atoms with van der Waals surface area (Å²) in [6, 6.07) is 7.18.